The molecule has 0 saturated carbocycles. The van der Waals surface area contributed by atoms with Crippen molar-refractivity contribution in [3.05, 3.63) is 71.3 Å². The lowest BCUT2D eigenvalue weighted by molar-refractivity contribution is 0.413. The maximum absolute atomic E-state index is 3.65. The third kappa shape index (κ3) is 4.71. The van der Waals surface area contributed by atoms with Crippen molar-refractivity contribution in [3.63, 3.8) is 0 Å². The van der Waals surface area contributed by atoms with Crippen molar-refractivity contribution in [2.45, 2.75) is 39.7 Å². The molecule has 2 aromatic rings. The van der Waals surface area contributed by atoms with Crippen molar-refractivity contribution >= 4 is 0 Å². The zero-order valence-electron chi connectivity index (χ0n) is 13.5. The van der Waals surface area contributed by atoms with E-state index < -0.39 is 0 Å². The average Bonchev–Trinajstić information content (AvgIpc) is 2.50. The second-order valence-corrected chi connectivity index (χ2v) is 6.08. The molecule has 0 spiro atoms. The number of rotatable bonds is 7. The molecule has 0 saturated heterocycles. The second kappa shape index (κ2) is 7.99. The van der Waals surface area contributed by atoms with Crippen LogP contribution in [0.2, 0.25) is 0 Å². The lowest BCUT2D eigenvalue weighted by atomic mass is 9.94. The van der Waals surface area contributed by atoms with Gasteiger partial charge in [0.25, 0.3) is 0 Å². The molecule has 0 aromatic heterocycles. The minimum absolute atomic E-state index is 0.454. The lowest BCUT2D eigenvalue weighted by Crippen LogP contribution is -2.26. The van der Waals surface area contributed by atoms with Crippen LogP contribution < -0.4 is 5.32 Å². The number of benzene rings is 2. The SMILES string of the molecule is CCCNC(c1ccc(Cc2ccccc2)cc1)C(C)C. The molecule has 2 rings (SSSR count). The Balaban J connectivity index is 2.06. The van der Waals surface area contributed by atoms with Gasteiger partial charge in [-0.3, -0.25) is 0 Å². The predicted octanol–water partition coefficient (Wildman–Crippen LogP) is 4.97. The van der Waals surface area contributed by atoms with Crippen LogP contribution >= 0.6 is 0 Å². The summed E-state index contributed by atoms with van der Waals surface area (Å²) in [6.07, 6.45) is 2.19. The molecule has 2 aromatic carbocycles. The standard InChI is InChI=1S/C20H27N/c1-4-14-21-20(16(2)3)19-12-10-18(11-13-19)15-17-8-6-5-7-9-17/h5-13,16,20-21H,4,14-15H2,1-3H3. The molecule has 0 fully saturated rings. The van der Waals surface area contributed by atoms with E-state index in [-0.39, 0.29) is 0 Å². The highest BCUT2D eigenvalue weighted by Crippen LogP contribution is 2.22. The summed E-state index contributed by atoms with van der Waals surface area (Å²) in [5.74, 6) is 0.608. The van der Waals surface area contributed by atoms with Crippen molar-refractivity contribution in [2.24, 2.45) is 5.92 Å². The molecule has 1 atom stereocenters. The minimum Gasteiger partial charge on any atom is -0.310 e. The van der Waals surface area contributed by atoms with Crippen molar-refractivity contribution < 1.29 is 0 Å². The molecule has 0 radical (unpaired) electrons. The van der Waals surface area contributed by atoms with Gasteiger partial charge in [-0.25, -0.2) is 0 Å². The number of hydrogen-bond donors (Lipinski definition) is 1. The van der Waals surface area contributed by atoms with Gasteiger partial charge >= 0.3 is 0 Å². The molecule has 0 amide bonds. The smallest absolute Gasteiger partial charge is 0.0343 e. The minimum atomic E-state index is 0.454. The summed E-state index contributed by atoms with van der Waals surface area (Å²) in [7, 11) is 0. The normalized spacial score (nSPS) is 12.6. The Morgan fingerprint density at radius 2 is 1.48 bits per heavy atom. The summed E-state index contributed by atoms with van der Waals surface area (Å²) >= 11 is 0. The van der Waals surface area contributed by atoms with Gasteiger partial charge in [0.1, 0.15) is 0 Å². The number of nitrogens with one attached hydrogen (secondary N) is 1. The maximum atomic E-state index is 3.65. The van der Waals surface area contributed by atoms with Crippen LogP contribution in [-0.4, -0.2) is 6.54 Å². The van der Waals surface area contributed by atoms with E-state index in [9.17, 15) is 0 Å². The van der Waals surface area contributed by atoms with Gasteiger partial charge in [-0.1, -0.05) is 75.4 Å². The van der Waals surface area contributed by atoms with Crippen LogP contribution in [0.1, 0.15) is 49.9 Å². The summed E-state index contributed by atoms with van der Waals surface area (Å²) in [5.41, 5.74) is 4.15. The summed E-state index contributed by atoms with van der Waals surface area (Å²) in [6, 6.07) is 20.2. The first-order valence-corrected chi connectivity index (χ1v) is 8.07. The zero-order valence-corrected chi connectivity index (χ0v) is 13.5. The van der Waals surface area contributed by atoms with E-state index >= 15 is 0 Å². The Bertz CT molecular complexity index is 513. The second-order valence-electron chi connectivity index (χ2n) is 6.08. The van der Waals surface area contributed by atoms with Crippen LogP contribution in [0.4, 0.5) is 0 Å². The first kappa shape index (κ1) is 15.8. The Morgan fingerprint density at radius 1 is 0.857 bits per heavy atom. The average molecular weight is 281 g/mol. The Labute approximate surface area is 129 Å². The van der Waals surface area contributed by atoms with Crippen LogP contribution in [-0.2, 0) is 6.42 Å². The van der Waals surface area contributed by atoms with Gasteiger partial charge in [0, 0.05) is 6.04 Å². The van der Waals surface area contributed by atoms with Gasteiger partial charge in [-0.2, -0.15) is 0 Å². The van der Waals surface area contributed by atoms with Crippen LogP contribution in [0.15, 0.2) is 54.6 Å². The van der Waals surface area contributed by atoms with Gasteiger partial charge in [-0.05, 0) is 42.0 Å². The van der Waals surface area contributed by atoms with Gasteiger partial charge in [0.2, 0.25) is 0 Å². The van der Waals surface area contributed by atoms with Crippen LogP contribution in [0.5, 0.6) is 0 Å². The zero-order chi connectivity index (χ0) is 15.1. The van der Waals surface area contributed by atoms with Crippen molar-refractivity contribution in [1.29, 1.82) is 0 Å². The topological polar surface area (TPSA) is 12.0 Å². The summed E-state index contributed by atoms with van der Waals surface area (Å²) in [6.45, 7) is 7.86. The molecule has 1 heteroatoms. The first-order valence-electron chi connectivity index (χ1n) is 8.07. The molecule has 0 heterocycles. The fourth-order valence-electron chi connectivity index (χ4n) is 2.71. The third-order valence-corrected chi connectivity index (χ3v) is 3.87. The maximum Gasteiger partial charge on any atom is 0.0343 e. The molecular formula is C20H27N. The van der Waals surface area contributed by atoms with Crippen molar-refractivity contribution in [2.75, 3.05) is 6.54 Å². The van der Waals surface area contributed by atoms with Crippen LogP contribution in [0, 0.1) is 5.92 Å². The van der Waals surface area contributed by atoms with E-state index in [0.29, 0.717) is 12.0 Å². The summed E-state index contributed by atoms with van der Waals surface area (Å²) in [4.78, 5) is 0. The molecular weight excluding hydrogens is 254 g/mol. The monoisotopic (exact) mass is 281 g/mol. The van der Waals surface area contributed by atoms with E-state index in [4.69, 9.17) is 0 Å². The molecule has 1 nitrogen and oxygen atoms in total. The molecule has 1 unspecified atom stereocenters. The Morgan fingerprint density at radius 3 is 2.05 bits per heavy atom. The van der Waals surface area contributed by atoms with Crippen molar-refractivity contribution in [1.82, 2.24) is 5.32 Å². The quantitative estimate of drug-likeness (QED) is 0.755. The lowest BCUT2D eigenvalue weighted by Gasteiger charge is -2.23. The van der Waals surface area contributed by atoms with Crippen molar-refractivity contribution in [3.8, 4) is 0 Å². The highest BCUT2D eigenvalue weighted by molar-refractivity contribution is 5.30. The first-order chi connectivity index (χ1) is 10.2. The number of hydrogen-bond acceptors (Lipinski definition) is 1. The Kier molecular flexibility index (Phi) is 6.01. The molecule has 0 aliphatic rings. The fourth-order valence-corrected chi connectivity index (χ4v) is 2.71. The molecule has 1 N–H and O–H groups in total. The highest BCUT2D eigenvalue weighted by atomic mass is 14.9. The van der Waals surface area contributed by atoms with E-state index in [1.165, 1.54) is 23.1 Å². The van der Waals surface area contributed by atoms with Crippen LogP contribution in [0.25, 0.3) is 0 Å². The van der Waals surface area contributed by atoms with Gasteiger partial charge < -0.3 is 5.32 Å². The van der Waals surface area contributed by atoms with Gasteiger partial charge in [0.15, 0.2) is 0 Å². The predicted molar refractivity (Wildman–Crippen MR) is 91.6 cm³/mol. The van der Waals surface area contributed by atoms with E-state index in [2.05, 4.69) is 80.7 Å². The summed E-state index contributed by atoms with van der Waals surface area (Å²) in [5, 5.41) is 3.65. The molecule has 112 valence electrons. The molecule has 0 bridgehead atoms. The Hall–Kier alpha value is -1.60. The van der Waals surface area contributed by atoms with Gasteiger partial charge in [0.05, 0.1) is 0 Å². The van der Waals surface area contributed by atoms with E-state index in [1.807, 2.05) is 0 Å². The summed E-state index contributed by atoms with van der Waals surface area (Å²) < 4.78 is 0. The largest absolute Gasteiger partial charge is 0.310 e. The molecule has 0 aliphatic carbocycles. The fraction of sp³-hybridized carbons (Fsp3) is 0.400. The van der Waals surface area contributed by atoms with Crippen LogP contribution in [0.3, 0.4) is 0 Å². The molecule has 0 aliphatic heterocycles. The highest BCUT2D eigenvalue weighted by Gasteiger charge is 2.14. The van der Waals surface area contributed by atoms with E-state index in [1.54, 1.807) is 0 Å². The third-order valence-electron chi connectivity index (χ3n) is 3.87. The van der Waals surface area contributed by atoms with Gasteiger partial charge in [-0.15, -0.1) is 0 Å². The van der Waals surface area contributed by atoms with E-state index in [0.717, 1.165) is 13.0 Å². The molecule has 21 heavy (non-hydrogen) atoms.